The third-order valence-electron chi connectivity index (χ3n) is 1.07. The van der Waals surface area contributed by atoms with Crippen LogP contribution < -0.4 is 0 Å². The van der Waals surface area contributed by atoms with Crippen LogP contribution in [-0.4, -0.2) is 0 Å². The van der Waals surface area contributed by atoms with E-state index in [1.165, 1.54) is 18.0 Å². The van der Waals surface area contributed by atoms with E-state index in [1.807, 2.05) is 0 Å². The molecule has 0 spiro atoms. The molecule has 0 N–H and O–H groups in total. The molecule has 6 heteroatoms. The Hall–Kier alpha value is 1.31. The van der Waals surface area contributed by atoms with Gasteiger partial charge in [-0.2, -0.15) is 0 Å². The van der Waals surface area contributed by atoms with Crippen LogP contribution in [0.5, 0.6) is 0 Å². The summed E-state index contributed by atoms with van der Waals surface area (Å²) in [6.07, 6.45) is 0. The van der Waals surface area contributed by atoms with Crippen LogP contribution in [0.1, 0.15) is 5.56 Å². The summed E-state index contributed by atoms with van der Waals surface area (Å²) in [7, 11) is 0. The number of halogens is 5. The summed E-state index contributed by atoms with van der Waals surface area (Å²) in [6, 6.07) is 4.29. The van der Waals surface area contributed by atoms with Gasteiger partial charge in [-0.05, 0) is 17.7 Å². The standard InChI is InChI=1S/C7H4Cl2F.2BrH.Zn/c8-4-5-1-2-7(10)6(9)3-5;;;/h1-4H;2*1H;/q;;;+2/p-2. The van der Waals surface area contributed by atoms with Crippen molar-refractivity contribution in [1.82, 2.24) is 0 Å². The van der Waals surface area contributed by atoms with Crippen LogP contribution in [0.25, 0.3) is 0 Å². The zero-order valence-corrected chi connectivity index (χ0v) is 14.1. The van der Waals surface area contributed by atoms with E-state index < -0.39 is 5.82 Å². The summed E-state index contributed by atoms with van der Waals surface area (Å²) in [4.78, 5) is 0. The molecule has 69 valence electrons. The van der Waals surface area contributed by atoms with Gasteiger partial charge < -0.3 is 0 Å². The van der Waals surface area contributed by atoms with Crippen LogP contribution in [0.2, 0.25) is 5.02 Å². The van der Waals surface area contributed by atoms with Gasteiger partial charge in [0.1, 0.15) is 5.82 Å². The van der Waals surface area contributed by atoms with Crippen molar-refractivity contribution < 1.29 is 17.6 Å². The molecule has 0 aliphatic carbocycles. The number of hydrogen-bond acceptors (Lipinski definition) is 0. The summed E-state index contributed by atoms with van der Waals surface area (Å²) in [5, 5.41) is 0.0920. The van der Waals surface area contributed by atoms with Crippen LogP contribution in [0.15, 0.2) is 18.2 Å². The first kappa shape index (κ1) is 14.3. The van der Waals surface area contributed by atoms with E-state index >= 15 is 0 Å². The second-order valence-electron chi connectivity index (χ2n) is 1.88. The van der Waals surface area contributed by atoms with Gasteiger partial charge in [0.2, 0.25) is 0 Å². The summed E-state index contributed by atoms with van der Waals surface area (Å²) in [6.45, 7) is 0. The average molecular weight is 403 g/mol. The Morgan fingerprint density at radius 3 is 2.31 bits per heavy atom. The fourth-order valence-corrected chi connectivity index (χ4v) is 0.905. The summed E-state index contributed by atoms with van der Waals surface area (Å²) < 4.78 is 12.4. The maximum absolute atomic E-state index is 12.4. The second-order valence-corrected chi connectivity index (χ2v) is 16.6. The van der Waals surface area contributed by atoms with Gasteiger partial charge in [0.25, 0.3) is 0 Å². The van der Waals surface area contributed by atoms with E-state index in [-0.39, 0.29) is 18.2 Å². The first-order chi connectivity index (χ1) is 6.15. The molecule has 0 atom stereocenters. The molecule has 0 heterocycles. The number of rotatable bonds is 1. The van der Waals surface area contributed by atoms with E-state index in [2.05, 4.69) is 27.2 Å². The van der Waals surface area contributed by atoms with E-state index in [1.54, 1.807) is 6.07 Å². The molecule has 13 heavy (non-hydrogen) atoms. The fraction of sp³-hybridized carbons (Fsp3) is 0. The zero-order valence-electron chi connectivity index (χ0n) is 6.41. The van der Waals surface area contributed by atoms with Gasteiger partial charge in [-0.3, -0.25) is 0 Å². The Morgan fingerprint density at radius 1 is 1.38 bits per heavy atom. The third-order valence-corrected chi connectivity index (χ3v) is 1.61. The summed E-state index contributed by atoms with van der Waals surface area (Å²) >= 11 is 17.0. The molecule has 1 aromatic rings. The molecule has 0 fully saturated rings. The average Bonchev–Trinajstić information content (AvgIpc) is 2.11. The molecule has 0 nitrogen and oxygen atoms in total. The van der Waals surface area contributed by atoms with Crippen molar-refractivity contribution in [2.45, 2.75) is 0 Å². The van der Waals surface area contributed by atoms with Crippen molar-refractivity contribution in [1.29, 1.82) is 0 Å². The topological polar surface area (TPSA) is 0 Å². The number of benzene rings is 1. The minimum atomic E-state index is -0.427. The molecule has 1 rings (SSSR count). The van der Waals surface area contributed by atoms with Crippen molar-refractivity contribution >= 4 is 50.4 Å². The molecule has 0 saturated carbocycles. The molecule has 1 radical (unpaired) electrons. The Morgan fingerprint density at radius 2 is 1.92 bits per heavy atom. The van der Waals surface area contributed by atoms with Gasteiger partial charge in [0.05, 0.1) is 10.9 Å². The van der Waals surface area contributed by atoms with E-state index in [4.69, 9.17) is 23.2 Å². The van der Waals surface area contributed by atoms with E-state index in [9.17, 15) is 4.39 Å². The molecular formula is C7H4Br2Cl2FZn. The van der Waals surface area contributed by atoms with Gasteiger partial charge in [-0.15, -0.1) is 11.6 Å². The van der Waals surface area contributed by atoms with Gasteiger partial charge >= 0.3 is 40.5 Å². The molecule has 0 amide bonds. The molecule has 0 aliphatic heterocycles. The van der Waals surface area contributed by atoms with Crippen molar-refractivity contribution in [3.8, 4) is 0 Å². The quantitative estimate of drug-likeness (QED) is 0.585. The molecular weight excluding hydrogens is 399 g/mol. The molecule has 0 aliphatic rings. The first-order valence-electron chi connectivity index (χ1n) is 3.16. The van der Waals surface area contributed by atoms with Crippen molar-refractivity contribution in [3.05, 3.63) is 40.5 Å². The van der Waals surface area contributed by atoms with Crippen molar-refractivity contribution in [2.24, 2.45) is 0 Å². The Labute approximate surface area is 107 Å². The van der Waals surface area contributed by atoms with E-state index in [0.29, 0.717) is 5.56 Å². The van der Waals surface area contributed by atoms with Crippen LogP contribution in [0.3, 0.4) is 0 Å². The van der Waals surface area contributed by atoms with Crippen LogP contribution in [0, 0.1) is 11.7 Å². The van der Waals surface area contributed by atoms with Crippen LogP contribution in [0.4, 0.5) is 4.39 Å². The minimum absolute atomic E-state index is 0.0920. The zero-order chi connectivity index (χ0) is 10.3. The molecule has 0 saturated heterocycles. The van der Waals surface area contributed by atoms with E-state index in [0.717, 1.165) is 0 Å². The Bertz CT molecular complexity index is 260. The molecule has 1 aromatic carbocycles. The predicted octanol–water partition coefficient (Wildman–Crippen LogP) is 4.92. The summed E-state index contributed by atoms with van der Waals surface area (Å²) in [5.41, 5.74) is 0.702. The molecule has 0 aromatic heterocycles. The van der Waals surface area contributed by atoms with Crippen LogP contribution in [-0.2, 0) is 13.2 Å². The predicted molar refractivity (Wildman–Crippen MR) is 58.5 cm³/mol. The van der Waals surface area contributed by atoms with Crippen molar-refractivity contribution in [2.75, 3.05) is 0 Å². The SMILES string of the molecule is Fc1ccc([CH]Cl)cc1Cl.[Br][Zn][Br]. The Kier molecular flexibility index (Phi) is 9.48. The van der Waals surface area contributed by atoms with Gasteiger partial charge in [0.15, 0.2) is 0 Å². The monoisotopic (exact) mass is 399 g/mol. The van der Waals surface area contributed by atoms with Gasteiger partial charge in [0, 0.05) is 0 Å². The second kappa shape index (κ2) is 8.61. The molecule has 0 bridgehead atoms. The number of hydrogen-bond donors (Lipinski definition) is 0. The van der Waals surface area contributed by atoms with Crippen molar-refractivity contribution in [3.63, 3.8) is 0 Å². The normalized spacial score (nSPS) is 8.38. The van der Waals surface area contributed by atoms with Crippen LogP contribution >= 0.6 is 50.4 Å². The maximum atomic E-state index is 12.4. The Balaban J connectivity index is 0.000000424. The fourth-order valence-electron chi connectivity index (χ4n) is 0.580. The van der Waals surface area contributed by atoms with Gasteiger partial charge in [-0.1, -0.05) is 17.7 Å². The first-order valence-corrected chi connectivity index (χ1v) is 17.9. The molecule has 0 unspecified atom stereocenters. The third kappa shape index (κ3) is 6.40. The summed E-state index contributed by atoms with van der Waals surface area (Å²) in [5.74, 6) is 0.912. The van der Waals surface area contributed by atoms with Gasteiger partial charge in [-0.25, -0.2) is 4.39 Å².